The van der Waals surface area contributed by atoms with E-state index in [0.29, 0.717) is 0 Å². The number of nitrogens with zero attached hydrogens (tertiary/aromatic N) is 3. The summed E-state index contributed by atoms with van der Waals surface area (Å²) in [6.45, 7) is -0.176. The number of hydrogen-bond donors (Lipinski definition) is 1. The predicted octanol–water partition coefficient (Wildman–Crippen LogP) is -0.0959. The molecule has 0 bridgehead atoms. The van der Waals surface area contributed by atoms with Crippen LogP contribution in [0.25, 0.3) is 0 Å². The molecule has 1 aromatic heterocycles. The van der Waals surface area contributed by atoms with Gasteiger partial charge in [-0.25, -0.2) is 8.78 Å². The van der Waals surface area contributed by atoms with Crippen LogP contribution in [0.5, 0.6) is 0 Å². The molecule has 4 nitrogen and oxygen atoms in total. The Bertz CT molecular complexity index is 202. The van der Waals surface area contributed by atoms with E-state index >= 15 is 0 Å². The zero-order valence-electron chi connectivity index (χ0n) is 5.56. The van der Waals surface area contributed by atoms with Crippen molar-refractivity contribution in [1.82, 2.24) is 14.8 Å². The van der Waals surface area contributed by atoms with Crippen LogP contribution in [0.2, 0.25) is 0 Å². The lowest BCUT2D eigenvalue weighted by atomic mass is 10.4. The second-order valence-electron chi connectivity index (χ2n) is 2.06. The maximum Gasteiger partial charge on any atom is 0.265 e. The van der Waals surface area contributed by atoms with Crippen LogP contribution in [-0.2, 0) is 6.54 Å². The fourth-order valence-electron chi connectivity index (χ4n) is 0.612. The lowest BCUT2D eigenvalue weighted by Gasteiger charge is -2.08. The molecule has 0 spiro atoms. The van der Waals surface area contributed by atoms with Crippen LogP contribution in [0.3, 0.4) is 0 Å². The van der Waals surface area contributed by atoms with E-state index in [0.717, 1.165) is 0 Å². The average molecular weight is 163 g/mol. The van der Waals surface area contributed by atoms with Gasteiger partial charge in [-0.1, -0.05) is 0 Å². The predicted molar refractivity (Wildman–Crippen MR) is 32.0 cm³/mol. The smallest absolute Gasteiger partial charge is 0.265 e. The molecule has 0 saturated heterocycles. The fraction of sp³-hybridized carbons (Fsp3) is 0.600. The summed E-state index contributed by atoms with van der Waals surface area (Å²) < 4.78 is 24.7. The van der Waals surface area contributed by atoms with Crippen LogP contribution in [0.1, 0.15) is 0 Å². The van der Waals surface area contributed by atoms with E-state index in [1.54, 1.807) is 0 Å². The van der Waals surface area contributed by atoms with Crippen LogP contribution in [0.4, 0.5) is 8.78 Å². The maximum absolute atomic E-state index is 11.7. The molecule has 0 fully saturated rings. The highest BCUT2D eigenvalue weighted by Gasteiger charge is 2.16. The summed E-state index contributed by atoms with van der Waals surface area (Å²) in [4.78, 5) is 0. The van der Waals surface area contributed by atoms with Gasteiger partial charge in [-0.15, -0.1) is 10.2 Å². The number of aliphatic hydroxyl groups is 1. The van der Waals surface area contributed by atoms with Crippen molar-refractivity contribution in [3.8, 4) is 0 Å². The average Bonchev–Trinajstić information content (AvgIpc) is 2.39. The summed E-state index contributed by atoms with van der Waals surface area (Å²) >= 11 is 0. The summed E-state index contributed by atoms with van der Waals surface area (Å²) in [6.07, 6.45) is -1.83. The van der Waals surface area contributed by atoms with Crippen molar-refractivity contribution in [3.05, 3.63) is 12.7 Å². The van der Waals surface area contributed by atoms with Gasteiger partial charge in [0.25, 0.3) is 6.43 Å². The van der Waals surface area contributed by atoms with Gasteiger partial charge in [0, 0.05) is 0 Å². The molecule has 0 amide bonds. The van der Waals surface area contributed by atoms with Gasteiger partial charge >= 0.3 is 0 Å². The molecule has 0 aliphatic heterocycles. The first kappa shape index (κ1) is 8.06. The molecule has 62 valence electrons. The lowest BCUT2D eigenvalue weighted by molar-refractivity contribution is -0.0136. The second kappa shape index (κ2) is 3.38. The summed E-state index contributed by atoms with van der Waals surface area (Å²) in [5.74, 6) is 0. The molecule has 1 aromatic rings. The van der Waals surface area contributed by atoms with Gasteiger partial charge in [0.2, 0.25) is 0 Å². The van der Waals surface area contributed by atoms with Crippen molar-refractivity contribution in [2.45, 2.75) is 19.1 Å². The molecule has 1 N–H and O–H groups in total. The second-order valence-corrected chi connectivity index (χ2v) is 2.06. The van der Waals surface area contributed by atoms with Gasteiger partial charge in [-0.05, 0) is 0 Å². The number of alkyl halides is 2. The lowest BCUT2D eigenvalue weighted by Crippen LogP contribution is -2.23. The van der Waals surface area contributed by atoms with Gasteiger partial charge in [-0.3, -0.25) is 0 Å². The molecule has 1 rings (SSSR count). The third kappa shape index (κ3) is 2.23. The SMILES string of the molecule is OC(Cn1cnnc1)C(F)F. The fourth-order valence-corrected chi connectivity index (χ4v) is 0.612. The zero-order chi connectivity index (χ0) is 8.27. The van der Waals surface area contributed by atoms with Crippen molar-refractivity contribution < 1.29 is 13.9 Å². The number of aliphatic hydroxyl groups excluding tert-OH is 1. The quantitative estimate of drug-likeness (QED) is 0.677. The molecule has 1 unspecified atom stereocenters. The highest BCUT2D eigenvalue weighted by molar-refractivity contribution is 4.65. The molecule has 0 radical (unpaired) electrons. The van der Waals surface area contributed by atoms with Gasteiger partial charge in [0.1, 0.15) is 18.8 Å². The van der Waals surface area contributed by atoms with Crippen molar-refractivity contribution in [1.29, 1.82) is 0 Å². The maximum atomic E-state index is 11.7. The Morgan fingerprint density at radius 1 is 1.36 bits per heavy atom. The monoisotopic (exact) mass is 163 g/mol. The third-order valence-corrected chi connectivity index (χ3v) is 1.16. The first-order chi connectivity index (χ1) is 5.20. The van der Waals surface area contributed by atoms with Crippen LogP contribution in [-0.4, -0.2) is 32.4 Å². The van der Waals surface area contributed by atoms with E-state index in [1.807, 2.05) is 0 Å². The normalized spacial score (nSPS) is 13.8. The first-order valence-electron chi connectivity index (χ1n) is 2.99. The van der Waals surface area contributed by atoms with E-state index in [9.17, 15) is 8.78 Å². The first-order valence-corrected chi connectivity index (χ1v) is 2.99. The topological polar surface area (TPSA) is 50.9 Å². The Kier molecular flexibility index (Phi) is 2.48. The van der Waals surface area contributed by atoms with Gasteiger partial charge < -0.3 is 9.67 Å². The van der Waals surface area contributed by atoms with Crippen molar-refractivity contribution >= 4 is 0 Å². The van der Waals surface area contributed by atoms with E-state index in [4.69, 9.17) is 5.11 Å². The number of halogens is 2. The summed E-state index contributed by atoms with van der Waals surface area (Å²) in [6, 6.07) is 0. The molecule has 0 aliphatic carbocycles. The summed E-state index contributed by atoms with van der Waals surface area (Å²) in [5, 5.41) is 15.5. The van der Waals surface area contributed by atoms with Crippen molar-refractivity contribution in [2.75, 3.05) is 0 Å². The Morgan fingerprint density at radius 2 is 1.91 bits per heavy atom. The Morgan fingerprint density at radius 3 is 2.36 bits per heavy atom. The van der Waals surface area contributed by atoms with E-state index in [2.05, 4.69) is 10.2 Å². The molecule has 11 heavy (non-hydrogen) atoms. The van der Waals surface area contributed by atoms with E-state index < -0.39 is 12.5 Å². The molecular weight excluding hydrogens is 156 g/mol. The van der Waals surface area contributed by atoms with Gasteiger partial charge in [0.05, 0.1) is 6.54 Å². The van der Waals surface area contributed by atoms with Gasteiger partial charge in [0.15, 0.2) is 0 Å². The minimum Gasteiger partial charge on any atom is -0.385 e. The molecule has 0 aromatic carbocycles. The van der Waals surface area contributed by atoms with Crippen LogP contribution in [0, 0.1) is 0 Å². The zero-order valence-corrected chi connectivity index (χ0v) is 5.56. The summed E-state index contributed by atoms with van der Waals surface area (Å²) in [7, 11) is 0. The van der Waals surface area contributed by atoms with E-state index in [1.165, 1.54) is 17.2 Å². The molecule has 1 atom stereocenters. The minimum absolute atomic E-state index is 0.176. The highest BCUT2D eigenvalue weighted by Crippen LogP contribution is 2.02. The largest absolute Gasteiger partial charge is 0.385 e. The Labute approximate surface area is 61.5 Å². The molecule has 0 saturated carbocycles. The number of aromatic nitrogens is 3. The molecule has 1 heterocycles. The van der Waals surface area contributed by atoms with Crippen LogP contribution >= 0.6 is 0 Å². The van der Waals surface area contributed by atoms with Crippen molar-refractivity contribution in [3.63, 3.8) is 0 Å². The van der Waals surface area contributed by atoms with E-state index in [-0.39, 0.29) is 6.54 Å². The third-order valence-electron chi connectivity index (χ3n) is 1.16. The Hall–Kier alpha value is -1.04. The molecule has 0 aliphatic rings. The number of rotatable bonds is 3. The number of hydrogen-bond acceptors (Lipinski definition) is 3. The van der Waals surface area contributed by atoms with Crippen molar-refractivity contribution in [2.24, 2.45) is 0 Å². The summed E-state index contributed by atoms with van der Waals surface area (Å²) in [5.41, 5.74) is 0. The highest BCUT2D eigenvalue weighted by atomic mass is 19.3. The Balaban J connectivity index is 2.43. The van der Waals surface area contributed by atoms with Crippen LogP contribution < -0.4 is 0 Å². The van der Waals surface area contributed by atoms with Gasteiger partial charge in [-0.2, -0.15) is 0 Å². The molecule has 6 heteroatoms. The van der Waals surface area contributed by atoms with Crippen LogP contribution in [0.15, 0.2) is 12.7 Å². The minimum atomic E-state index is -2.72. The molecular formula is C5H7F2N3O. The standard InChI is InChI=1S/C5H7F2N3O/c6-5(7)4(11)1-10-2-8-9-3-10/h2-5,11H,1H2.